The van der Waals surface area contributed by atoms with Gasteiger partial charge in [-0.3, -0.25) is 13.9 Å². The minimum Gasteiger partial charge on any atom is -0.355 e. The summed E-state index contributed by atoms with van der Waals surface area (Å²) in [7, 11) is -4.15. The van der Waals surface area contributed by atoms with Gasteiger partial charge in [0.15, 0.2) is 0 Å². The zero-order chi connectivity index (χ0) is 27.2. The average Bonchev–Trinajstić information content (AvgIpc) is 2.87. The smallest absolute Gasteiger partial charge is 0.264 e. The lowest BCUT2D eigenvalue weighted by Gasteiger charge is -2.32. The summed E-state index contributed by atoms with van der Waals surface area (Å²) in [5, 5.41) is 3.10. The summed E-state index contributed by atoms with van der Waals surface area (Å²) in [6, 6.07) is 17.0. The molecule has 0 fully saturated rings. The van der Waals surface area contributed by atoms with E-state index in [4.69, 9.17) is 11.6 Å². The summed E-state index contributed by atoms with van der Waals surface area (Å²) in [6.07, 6.45) is 0. The third-order valence-corrected chi connectivity index (χ3v) is 7.83. The molecule has 10 heteroatoms. The molecule has 3 aromatic carbocycles. The fourth-order valence-corrected chi connectivity index (χ4v) is 5.20. The quantitative estimate of drug-likeness (QED) is 0.405. The van der Waals surface area contributed by atoms with E-state index in [2.05, 4.69) is 5.32 Å². The number of halogens is 2. The summed E-state index contributed by atoms with van der Waals surface area (Å²) in [4.78, 5) is 27.7. The molecule has 0 saturated carbocycles. The lowest BCUT2D eigenvalue weighted by atomic mass is 10.1. The molecule has 37 heavy (non-hydrogen) atoms. The molecule has 196 valence electrons. The van der Waals surface area contributed by atoms with Gasteiger partial charge in [0.2, 0.25) is 11.8 Å². The maximum Gasteiger partial charge on any atom is 0.264 e. The third kappa shape index (κ3) is 7.08. The van der Waals surface area contributed by atoms with Crippen molar-refractivity contribution < 1.29 is 22.4 Å². The molecule has 0 aliphatic heterocycles. The average molecular weight is 546 g/mol. The Morgan fingerprint density at radius 3 is 2.14 bits per heavy atom. The second kappa shape index (κ2) is 12.2. The topological polar surface area (TPSA) is 86.8 Å². The van der Waals surface area contributed by atoms with E-state index in [9.17, 15) is 22.4 Å². The van der Waals surface area contributed by atoms with Crippen LogP contribution in [0.3, 0.4) is 0 Å². The highest BCUT2D eigenvalue weighted by atomic mass is 35.5. The van der Waals surface area contributed by atoms with Crippen LogP contribution in [0.1, 0.15) is 25.0 Å². The Morgan fingerprint density at radius 1 is 0.973 bits per heavy atom. The van der Waals surface area contributed by atoms with Crippen molar-refractivity contribution >= 4 is 39.1 Å². The molecule has 0 aliphatic carbocycles. The molecule has 3 aromatic rings. The fraction of sp³-hybridized carbons (Fsp3) is 0.259. The van der Waals surface area contributed by atoms with Gasteiger partial charge in [-0.2, -0.15) is 0 Å². The molecule has 3 rings (SSSR count). The Balaban J connectivity index is 2.01. The Kier molecular flexibility index (Phi) is 9.29. The van der Waals surface area contributed by atoms with Gasteiger partial charge in [-0.05, 0) is 74.9 Å². The van der Waals surface area contributed by atoms with Crippen LogP contribution in [0.5, 0.6) is 0 Å². The van der Waals surface area contributed by atoms with Gasteiger partial charge in [0.25, 0.3) is 10.0 Å². The fourth-order valence-electron chi connectivity index (χ4n) is 3.66. The number of likely N-dealkylation sites (N-methyl/N-ethyl adjacent to an activating group) is 1. The highest BCUT2D eigenvalue weighted by Crippen LogP contribution is 2.26. The van der Waals surface area contributed by atoms with Crippen molar-refractivity contribution in [1.82, 2.24) is 10.2 Å². The van der Waals surface area contributed by atoms with E-state index in [1.807, 2.05) is 6.92 Å². The van der Waals surface area contributed by atoms with Gasteiger partial charge < -0.3 is 10.2 Å². The number of sulfonamides is 1. The number of carbonyl (C=O) groups excluding carboxylic acids is 2. The summed E-state index contributed by atoms with van der Waals surface area (Å²) in [6.45, 7) is 4.94. The normalized spacial score (nSPS) is 12.0. The van der Waals surface area contributed by atoms with Crippen LogP contribution in [0.2, 0.25) is 5.02 Å². The number of anilines is 1. The number of nitrogens with zero attached hydrogens (tertiary/aromatic N) is 2. The first-order valence-electron chi connectivity index (χ1n) is 11.7. The highest BCUT2D eigenvalue weighted by Gasteiger charge is 2.32. The van der Waals surface area contributed by atoms with Crippen LogP contribution in [0.4, 0.5) is 10.1 Å². The summed E-state index contributed by atoms with van der Waals surface area (Å²) >= 11 is 6.01. The van der Waals surface area contributed by atoms with Gasteiger partial charge in [-0.15, -0.1) is 0 Å². The molecule has 1 atom stereocenters. The van der Waals surface area contributed by atoms with Gasteiger partial charge in [0.1, 0.15) is 18.4 Å². The van der Waals surface area contributed by atoms with Crippen molar-refractivity contribution in [2.24, 2.45) is 0 Å². The van der Waals surface area contributed by atoms with Crippen molar-refractivity contribution in [3.05, 3.63) is 94.8 Å². The number of benzene rings is 3. The number of aryl methyl sites for hydroxylation is 1. The van der Waals surface area contributed by atoms with Gasteiger partial charge >= 0.3 is 0 Å². The molecule has 0 radical (unpaired) electrons. The minimum atomic E-state index is -4.15. The van der Waals surface area contributed by atoms with E-state index in [-0.39, 0.29) is 17.1 Å². The van der Waals surface area contributed by atoms with Crippen LogP contribution in [-0.2, 0) is 26.2 Å². The van der Waals surface area contributed by atoms with Crippen LogP contribution in [0.25, 0.3) is 0 Å². The van der Waals surface area contributed by atoms with Crippen LogP contribution in [0.15, 0.2) is 77.7 Å². The molecule has 0 aromatic heterocycles. The SMILES string of the molecule is CCNC(=O)[C@@H](C)N(Cc1ccc(F)cc1)C(=O)CN(c1ccc(Cl)cc1)S(=O)(=O)c1ccc(C)cc1. The lowest BCUT2D eigenvalue weighted by molar-refractivity contribution is -0.139. The molecule has 1 N–H and O–H groups in total. The predicted molar refractivity (Wildman–Crippen MR) is 142 cm³/mol. The first-order chi connectivity index (χ1) is 17.5. The van der Waals surface area contributed by atoms with Crippen molar-refractivity contribution in [3.8, 4) is 0 Å². The number of nitrogens with one attached hydrogen (secondary N) is 1. The second-order valence-corrected chi connectivity index (χ2v) is 10.8. The van der Waals surface area contributed by atoms with E-state index < -0.39 is 40.2 Å². The van der Waals surface area contributed by atoms with E-state index in [1.165, 1.54) is 65.6 Å². The van der Waals surface area contributed by atoms with E-state index in [0.29, 0.717) is 17.1 Å². The standard InChI is InChI=1S/C27H29ClFN3O4S/c1-4-30-27(34)20(3)31(17-21-7-11-23(29)12-8-21)26(33)18-32(24-13-9-22(28)10-14-24)37(35,36)25-15-5-19(2)6-16-25/h5-16,20H,4,17-18H2,1-3H3,(H,30,34)/t20-/m1/s1. The first-order valence-corrected chi connectivity index (χ1v) is 13.5. The van der Waals surface area contributed by atoms with Crippen molar-refractivity contribution in [1.29, 1.82) is 0 Å². The molecule has 0 aliphatic rings. The number of carbonyl (C=O) groups is 2. The minimum absolute atomic E-state index is 0.0164. The molecule has 2 amide bonds. The Hall–Kier alpha value is -3.43. The highest BCUT2D eigenvalue weighted by molar-refractivity contribution is 7.92. The molecule has 0 spiro atoms. The molecule has 7 nitrogen and oxygen atoms in total. The molecule has 0 heterocycles. The number of amides is 2. The van der Waals surface area contributed by atoms with E-state index in [1.54, 1.807) is 26.0 Å². The van der Waals surface area contributed by atoms with Crippen molar-refractivity contribution in [2.45, 2.75) is 38.3 Å². The molecule has 0 unspecified atom stereocenters. The van der Waals surface area contributed by atoms with Crippen LogP contribution in [-0.4, -0.2) is 44.3 Å². The second-order valence-electron chi connectivity index (χ2n) is 8.52. The van der Waals surface area contributed by atoms with Crippen molar-refractivity contribution in [3.63, 3.8) is 0 Å². The van der Waals surface area contributed by atoms with Crippen LogP contribution < -0.4 is 9.62 Å². The monoisotopic (exact) mass is 545 g/mol. The Labute approximate surface area is 221 Å². The predicted octanol–water partition coefficient (Wildman–Crippen LogP) is 4.54. The summed E-state index contributed by atoms with van der Waals surface area (Å²) in [5.74, 6) is -1.43. The van der Waals surface area contributed by atoms with Gasteiger partial charge in [-0.25, -0.2) is 12.8 Å². The lowest BCUT2D eigenvalue weighted by Crippen LogP contribution is -2.51. The molecule has 0 saturated heterocycles. The van der Waals surface area contributed by atoms with E-state index in [0.717, 1.165) is 9.87 Å². The summed E-state index contributed by atoms with van der Waals surface area (Å²) < 4.78 is 41.8. The maximum atomic E-state index is 13.7. The zero-order valence-electron chi connectivity index (χ0n) is 20.8. The van der Waals surface area contributed by atoms with Gasteiger partial charge in [0, 0.05) is 18.1 Å². The van der Waals surface area contributed by atoms with Gasteiger partial charge in [0.05, 0.1) is 10.6 Å². The number of hydrogen-bond donors (Lipinski definition) is 1. The molecular formula is C27H29ClFN3O4S. The Bertz CT molecular complexity index is 1330. The van der Waals surface area contributed by atoms with Crippen molar-refractivity contribution in [2.75, 3.05) is 17.4 Å². The number of rotatable bonds is 10. The molecular weight excluding hydrogens is 517 g/mol. The molecule has 0 bridgehead atoms. The van der Waals surface area contributed by atoms with Crippen LogP contribution >= 0.6 is 11.6 Å². The first kappa shape index (κ1) is 28.1. The largest absolute Gasteiger partial charge is 0.355 e. The maximum absolute atomic E-state index is 13.7. The summed E-state index contributed by atoms with van der Waals surface area (Å²) in [5.41, 5.74) is 1.71. The van der Waals surface area contributed by atoms with Crippen LogP contribution in [0, 0.1) is 12.7 Å². The zero-order valence-corrected chi connectivity index (χ0v) is 22.4. The Morgan fingerprint density at radius 2 is 1.57 bits per heavy atom. The third-order valence-electron chi connectivity index (χ3n) is 5.79. The number of hydrogen-bond acceptors (Lipinski definition) is 4. The van der Waals surface area contributed by atoms with Gasteiger partial charge in [-0.1, -0.05) is 41.4 Å². The van der Waals surface area contributed by atoms with E-state index >= 15 is 0 Å².